The number of amides is 1. The molecule has 1 amide bonds. The third-order valence-corrected chi connectivity index (χ3v) is 4.47. The van der Waals surface area contributed by atoms with Crippen molar-refractivity contribution < 1.29 is 26.9 Å². The van der Waals surface area contributed by atoms with Crippen LogP contribution in [0, 0.1) is 0 Å². The Labute approximate surface area is 156 Å². The molecule has 3 rings (SSSR count). The minimum Gasteiger partial charge on any atom is -0.461 e. The maximum absolute atomic E-state index is 12.4. The van der Waals surface area contributed by atoms with Crippen LogP contribution in [0.15, 0.2) is 56.5 Å². The van der Waals surface area contributed by atoms with Crippen LogP contribution in [0.2, 0.25) is 0 Å². The summed E-state index contributed by atoms with van der Waals surface area (Å²) in [7, 11) is 0. The van der Waals surface area contributed by atoms with Gasteiger partial charge in [-0.3, -0.25) is 4.79 Å². The largest absolute Gasteiger partial charge is 0.461 e. The second-order valence-electron chi connectivity index (χ2n) is 5.44. The lowest BCUT2D eigenvalue weighted by Crippen LogP contribution is -2.14. The lowest BCUT2D eigenvalue weighted by molar-refractivity contribution is -0.116. The molecule has 27 heavy (non-hydrogen) atoms. The van der Waals surface area contributed by atoms with E-state index in [0.29, 0.717) is 28.1 Å². The molecule has 6 nitrogen and oxygen atoms in total. The molecule has 3 aromatic rings. The summed E-state index contributed by atoms with van der Waals surface area (Å²) in [6.07, 6.45) is -2.58. The van der Waals surface area contributed by atoms with Crippen molar-refractivity contribution in [2.24, 2.45) is 0 Å². The Morgan fingerprint density at radius 2 is 2.00 bits per heavy atom. The van der Waals surface area contributed by atoms with E-state index in [9.17, 15) is 18.0 Å². The van der Waals surface area contributed by atoms with Crippen molar-refractivity contribution in [1.29, 1.82) is 0 Å². The fourth-order valence-electron chi connectivity index (χ4n) is 2.15. The molecule has 0 fully saturated rings. The Morgan fingerprint density at radius 3 is 2.74 bits per heavy atom. The van der Waals surface area contributed by atoms with E-state index in [2.05, 4.69) is 15.5 Å². The Kier molecular flexibility index (Phi) is 5.84. The maximum atomic E-state index is 12.4. The van der Waals surface area contributed by atoms with E-state index in [-0.39, 0.29) is 30.5 Å². The number of anilines is 1. The highest BCUT2D eigenvalue weighted by Crippen LogP contribution is 2.32. The zero-order valence-corrected chi connectivity index (χ0v) is 14.6. The predicted molar refractivity (Wildman–Crippen MR) is 92.2 cm³/mol. The monoisotopic (exact) mass is 397 g/mol. The van der Waals surface area contributed by atoms with E-state index in [4.69, 9.17) is 8.94 Å². The Bertz CT molecular complexity index is 894. The first kappa shape index (κ1) is 19.0. The summed E-state index contributed by atoms with van der Waals surface area (Å²) in [4.78, 5) is 16.6. The molecule has 0 atom stereocenters. The summed E-state index contributed by atoms with van der Waals surface area (Å²) in [5.41, 5.74) is 0.332. The molecule has 0 saturated heterocycles. The van der Waals surface area contributed by atoms with Gasteiger partial charge < -0.3 is 14.3 Å². The lowest BCUT2D eigenvalue weighted by atomic mass is 10.2. The number of hydrogen-bond acceptors (Lipinski definition) is 6. The Morgan fingerprint density at radius 1 is 1.19 bits per heavy atom. The molecule has 1 N–H and O–H groups in total. The fraction of sp³-hybridized carbons (Fsp3) is 0.235. The van der Waals surface area contributed by atoms with Crippen LogP contribution in [0.25, 0.3) is 11.6 Å². The number of nitrogens with one attached hydrogen (secondary N) is 1. The molecule has 142 valence electrons. The van der Waals surface area contributed by atoms with Crippen molar-refractivity contribution in [3.63, 3.8) is 0 Å². The average molecular weight is 397 g/mol. The number of alkyl halides is 3. The van der Waals surface area contributed by atoms with Gasteiger partial charge in [-0.1, -0.05) is 17.3 Å². The first-order chi connectivity index (χ1) is 12.9. The molecular weight excluding hydrogens is 383 g/mol. The quantitative estimate of drug-likeness (QED) is 0.589. The minimum absolute atomic E-state index is 0.0397. The molecule has 0 radical (unpaired) electrons. The molecule has 2 heterocycles. The van der Waals surface area contributed by atoms with Gasteiger partial charge in [-0.15, -0.1) is 11.8 Å². The average Bonchev–Trinajstić information content (AvgIpc) is 3.30. The third kappa shape index (κ3) is 5.61. The van der Waals surface area contributed by atoms with Crippen LogP contribution in [0.4, 0.5) is 18.9 Å². The van der Waals surface area contributed by atoms with E-state index >= 15 is 0 Å². The molecule has 0 unspecified atom stereocenters. The van der Waals surface area contributed by atoms with Gasteiger partial charge in [0.15, 0.2) is 5.76 Å². The summed E-state index contributed by atoms with van der Waals surface area (Å²) < 4.78 is 47.4. The molecule has 0 aliphatic rings. The Hall–Kier alpha value is -2.75. The SMILES string of the molecule is O=C(CCc1nc(-c2ccco2)no1)Nc1ccccc1SCC(F)(F)F. The number of aryl methyl sites for hydroxylation is 1. The maximum Gasteiger partial charge on any atom is 0.398 e. The topological polar surface area (TPSA) is 81.2 Å². The highest BCUT2D eigenvalue weighted by atomic mass is 32.2. The van der Waals surface area contributed by atoms with Gasteiger partial charge in [0.05, 0.1) is 17.7 Å². The van der Waals surface area contributed by atoms with Crippen LogP contribution < -0.4 is 5.32 Å². The molecular formula is C17H14F3N3O3S. The number of rotatable bonds is 7. The number of hydrogen-bond donors (Lipinski definition) is 1. The number of carbonyl (C=O) groups excluding carboxylic acids is 1. The smallest absolute Gasteiger partial charge is 0.398 e. The number of thioether (sulfide) groups is 1. The van der Waals surface area contributed by atoms with Gasteiger partial charge in [0.1, 0.15) is 0 Å². The molecule has 0 spiro atoms. The molecule has 1 aromatic carbocycles. The van der Waals surface area contributed by atoms with Gasteiger partial charge in [-0.2, -0.15) is 18.2 Å². The molecule has 10 heteroatoms. The van der Waals surface area contributed by atoms with Gasteiger partial charge in [0.2, 0.25) is 17.6 Å². The second-order valence-corrected chi connectivity index (χ2v) is 6.45. The first-order valence-electron chi connectivity index (χ1n) is 7.85. The van der Waals surface area contributed by atoms with Crippen LogP contribution in [-0.4, -0.2) is 28.0 Å². The summed E-state index contributed by atoms with van der Waals surface area (Å²) in [5.74, 6) is -0.407. The molecule has 0 aliphatic heterocycles. The Balaban J connectivity index is 1.55. The van der Waals surface area contributed by atoms with Gasteiger partial charge in [-0.25, -0.2) is 0 Å². The van der Waals surface area contributed by atoms with Crippen molar-refractivity contribution >= 4 is 23.4 Å². The van der Waals surface area contributed by atoms with Crippen LogP contribution in [0.5, 0.6) is 0 Å². The number of nitrogens with zero attached hydrogens (tertiary/aromatic N) is 2. The zero-order chi connectivity index (χ0) is 19.3. The van der Waals surface area contributed by atoms with Crippen molar-refractivity contribution in [1.82, 2.24) is 10.1 Å². The number of furan rings is 1. The van der Waals surface area contributed by atoms with Gasteiger partial charge in [-0.05, 0) is 24.3 Å². The van der Waals surface area contributed by atoms with Gasteiger partial charge >= 0.3 is 6.18 Å². The molecule has 0 aliphatic carbocycles. The minimum atomic E-state index is -4.29. The van der Waals surface area contributed by atoms with E-state index < -0.39 is 11.9 Å². The number of halogens is 3. The lowest BCUT2D eigenvalue weighted by Gasteiger charge is -2.11. The number of benzene rings is 1. The van der Waals surface area contributed by atoms with E-state index in [1.165, 1.54) is 12.3 Å². The van der Waals surface area contributed by atoms with E-state index in [1.54, 1.807) is 30.3 Å². The predicted octanol–water partition coefficient (Wildman–Crippen LogP) is 4.56. The number of para-hydroxylation sites is 1. The summed E-state index contributed by atoms with van der Waals surface area (Å²) in [6.45, 7) is 0. The van der Waals surface area contributed by atoms with Crippen LogP contribution in [0.1, 0.15) is 12.3 Å². The summed E-state index contributed by atoms with van der Waals surface area (Å²) >= 11 is 0.621. The first-order valence-corrected chi connectivity index (χ1v) is 8.84. The molecule has 0 bridgehead atoms. The molecule has 0 saturated carbocycles. The number of aromatic nitrogens is 2. The summed E-state index contributed by atoms with van der Waals surface area (Å²) in [5, 5.41) is 6.38. The van der Waals surface area contributed by atoms with Crippen molar-refractivity contribution in [3.05, 3.63) is 48.6 Å². The standard InChI is InChI=1S/C17H14F3N3O3S/c18-17(19,20)10-27-13-6-2-1-4-11(13)21-14(24)7-8-15-22-16(23-26-15)12-5-3-9-25-12/h1-6,9H,7-8,10H2,(H,21,24). The second kappa shape index (κ2) is 8.30. The van der Waals surface area contributed by atoms with Crippen molar-refractivity contribution in [2.75, 3.05) is 11.1 Å². The van der Waals surface area contributed by atoms with E-state index in [1.807, 2.05) is 0 Å². The normalized spacial score (nSPS) is 11.5. The van der Waals surface area contributed by atoms with Gasteiger partial charge in [0.25, 0.3) is 0 Å². The van der Waals surface area contributed by atoms with Crippen molar-refractivity contribution in [2.45, 2.75) is 23.9 Å². The number of carbonyl (C=O) groups is 1. The van der Waals surface area contributed by atoms with E-state index in [0.717, 1.165) is 0 Å². The highest BCUT2D eigenvalue weighted by molar-refractivity contribution is 7.99. The van der Waals surface area contributed by atoms with Crippen LogP contribution >= 0.6 is 11.8 Å². The van der Waals surface area contributed by atoms with Gasteiger partial charge in [0, 0.05) is 17.7 Å². The third-order valence-electron chi connectivity index (χ3n) is 3.33. The van der Waals surface area contributed by atoms with Crippen molar-refractivity contribution in [3.8, 4) is 11.6 Å². The van der Waals surface area contributed by atoms with Crippen LogP contribution in [0.3, 0.4) is 0 Å². The fourth-order valence-corrected chi connectivity index (χ4v) is 2.92. The highest BCUT2D eigenvalue weighted by Gasteiger charge is 2.27. The van der Waals surface area contributed by atoms with Crippen LogP contribution in [-0.2, 0) is 11.2 Å². The zero-order valence-electron chi connectivity index (χ0n) is 13.8. The molecule has 2 aromatic heterocycles. The summed E-state index contributed by atoms with van der Waals surface area (Å²) in [6, 6.07) is 9.70.